The Morgan fingerprint density at radius 2 is 2.04 bits per heavy atom. The Labute approximate surface area is 132 Å². The Morgan fingerprint density at radius 3 is 2.78 bits per heavy atom. The minimum absolute atomic E-state index is 0.221. The number of hydrogen-bond donors (Lipinski definition) is 1. The second kappa shape index (κ2) is 5.10. The lowest BCUT2D eigenvalue weighted by Crippen LogP contribution is -2.34. The van der Waals surface area contributed by atoms with Crippen LogP contribution in [0.1, 0.15) is 20.1 Å². The van der Waals surface area contributed by atoms with Gasteiger partial charge in [-0.3, -0.25) is 4.57 Å². The first-order chi connectivity index (χ1) is 11.0. The average molecular weight is 321 g/mol. The molecule has 4 rings (SSSR count). The van der Waals surface area contributed by atoms with Gasteiger partial charge in [-0.1, -0.05) is 0 Å². The molecule has 0 aliphatic carbocycles. The summed E-state index contributed by atoms with van der Waals surface area (Å²) in [4.78, 5) is 12.7. The Balaban J connectivity index is 1.76. The zero-order valence-corrected chi connectivity index (χ0v) is 13.2. The van der Waals surface area contributed by atoms with Crippen molar-refractivity contribution in [1.29, 1.82) is 0 Å². The molecule has 2 N–H and O–H groups in total. The molecule has 0 saturated carbocycles. The van der Waals surface area contributed by atoms with E-state index in [0.29, 0.717) is 23.6 Å². The van der Waals surface area contributed by atoms with Crippen molar-refractivity contribution in [3.05, 3.63) is 12.7 Å². The highest BCUT2D eigenvalue weighted by atomic mass is 16.8. The second-order valence-electron chi connectivity index (χ2n) is 6.07. The van der Waals surface area contributed by atoms with Crippen LogP contribution in [0.5, 0.6) is 5.88 Å². The van der Waals surface area contributed by atoms with E-state index in [-0.39, 0.29) is 18.3 Å². The number of hydrogen-bond acceptors (Lipinski definition) is 8. The standard InChI is InChI=1S/C14H19N5O4/c1-14(2)22-9-7(4-15)21-13(10(9)23-14)19-6-18-8-11(19)16-5-17-12(8)20-3/h5-7,9-10,13H,4,15H2,1-3H3/t7-,9-,10-,13-/m1/s1. The average Bonchev–Trinajstić information content (AvgIpc) is 3.17. The molecule has 0 bridgehead atoms. The van der Waals surface area contributed by atoms with E-state index in [0.717, 1.165) is 0 Å². The van der Waals surface area contributed by atoms with Crippen LogP contribution < -0.4 is 10.5 Å². The fraction of sp³-hybridized carbons (Fsp3) is 0.643. The summed E-state index contributed by atoms with van der Waals surface area (Å²) in [5, 5.41) is 0. The van der Waals surface area contributed by atoms with Gasteiger partial charge in [0, 0.05) is 6.54 Å². The zero-order valence-electron chi connectivity index (χ0n) is 13.2. The zero-order chi connectivity index (χ0) is 16.2. The molecule has 9 nitrogen and oxygen atoms in total. The second-order valence-corrected chi connectivity index (χ2v) is 6.07. The molecular formula is C14H19N5O4. The Hall–Kier alpha value is -1.81. The van der Waals surface area contributed by atoms with Gasteiger partial charge in [-0.05, 0) is 13.8 Å². The number of methoxy groups -OCH3 is 1. The number of aromatic nitrogens is 4. The minimum atomic E-state index is -0.673. The molecule has 4 heterocycles. The van der Waals surface area contributed by atoms with Crippen molar-refractivity contribution in [2.75, 3.05) is 13.7 Å². The number of nitrogens with two attached hydrogens (primary N) is 1. The summed E-state index contributed by atoms with van der Waals surface area (Å²) in [7, 11) is 1.55. The van der Waals surface area contributed by atoms with Crippen molar-refractivity contribution >= 4 is 11.2 Å². The van der Waals surface area contributed by atoms with E-state index in [2.05, 4.69) is 15.0 Å². The lowest BCUT2D eigenvalue weighted by molar-refractivity contribution is -0.195. The number of nitrogens with zero attached hydrogens (tertiary/aromatic N) is 4. The summed E-state index contributed by atoms with van der Waals surface area (Å²) in [6.07, 6.45) is 1.92. The molecule has 9 heteroatoms. The lowest BCUT2D eigenvalue weighted by Gasteiger charge is -2.24. The Kier molecular flexibility index (Phi) is 3.27. The Morgan fingerprint density at radius 1 is 1.26 bits per heavy atom. The van der Waals surface area contributed by atoms with Gasteiger partial charge in [0.25, 0.3) is 0 Å². The molecule has 124 valence electrons. The normalized spacial score (nSPS) is 32.3. The maximum Gasteiger partial charge on any atom is 0.245 e. The van der Waals surface area contributed by atoms with Gasteiger partial charge in [-0.15, -0.1) is 0 Å². The van der Waals surface area contributed by atoms with Crippen LogP contribution in [-0.2, 0) is 14.2 Å². The van der Waals surface area contributed by atoms with Gasteiger partial charge in [0.1, 0.15) is 24.6 Å². The molecule has 23 heavy (non-hydrogen) atoms. The summed E-state index contributed by atoms with van der Waals surface area (Å²) >= 11 is 0. The van der Waals surface area contributed by atoms with Gasteiger partial charge < -0.3 is 24.7 Å². The molecule has 2 aromatic heterocycles. The fourth-order valence-electron chi connectivity index (χ4n) is 3.24. The summed E-state index contributed by atoms with van der Waals surface area (Å²) in [6.45, 7) is 4.11. The summed E-state index contributed by atoms with van der Waals surface area (Å²) < 4.78 is 25.0. The van der Waals surface area contributed by atoms with Gasteiger partial charge in [0.15, 0.2) is 23.2 Å². The first-order valence-corrected chi connectivity index (χ1v) is 7.47. The molecule has 2 aromatic rings. The lowest BCUT2D eigenvalue weighted by atomic mass is 10.1. The third-order valence-electron chi connectivity index (χ3n) is 4.15. The van der Waals surface area contributed by atoms with Crippen LogP contribution in [0.4, 0.5) is 0 Å². The van der Waals surface area contributed by atoms with Crippen molar-refractivity contribution in [2.24, 2.45) is 5.73 Å². The van der Waals surface area contributed by atoms with Crippen molar-refractivity contribution in [3.63, 3.8) is 0 Å². The monoisotopic (exact) mass is 321 g/mol. The summed E-state index contributed by atoms with van der Waals surface area (Å²) in [6, 6.07) is 0. The van der Waals surface area contributed by atoms with Crippen LogP contribution in [0, 0.1) is 0 Å². The minimum Gasteiger partial charge on any atom is -0.479 e. The predicted molar refractivity (Wildman–Crippen MR) is 78.7 cm³/mol. The summed E-state index contributed by atoms with van der Waals surface area (Å²) in [5.41, 5.74) is 7.01. The van der Waals surface area contributed by atoms with E-state index in [1.54, 1.807) is 13.4 Å². The van der Waals surface area contributed by atoms with Crippen LogP contribution in [0.3, 0.4) is 0 Å². The molecule has 0 unspecified atom stereocenters. The highest BCUT2D eigenvalue weighted by Gasteiger charge is 2.55. The fourth-order valence-corrected chi connectivity index (χ4v) is 3.24. The molecule has 4 atom stereocenters. The number of ether oxygens (including phenoxy) is 4. The molecular weight excluding hydrogens is 302 g/mol. The number of imidazole rings is 1. The first-order valence-electron chi connectivity index (χ1n) is 7.47. The van der Waals surface area contributed by atoms with E-state index in [1.807, 2.05) is 18.4 Å². The van der Waals surface area contributed by atoms with Crippen molar-refractivity contribution in [1.82, 2.24) is 19.5 Å². The van der Waals surface area contributed by atoms with Crippen molar-refractivity contribution in [3.8, 4) is 5.88 Å². The quantitative estimate of drug-likeness (QED) is 0.855. The van der Waals surface area contributed by atoms with E-state index >= 15 is 0 Å². The number of fused-ring (bicyclic) bond motifs is 2. The van der Waals surface area contributed by atoms with Gasteiger partial charge >= 0.3 is 0 Å². The molecule has 2 saturated heterocycles. The third-order valence-corrected chi connectivity index (χ3v) is 4.15. The smallest absolute Gasteiger partial charge is 0.245 e. The molecule has 0 amide bonds. The maximum absolute atomic E-state index is 6.04. The van der Waals surface area contributed by atoms with Gasteiger partial charge in [-0.25, -0.2) is 9.97 Å². The predicted octanol–water partition coefficient (Wildman–Crippen LogP) is 0.211. The van der Waals surface area contributed by atoms with Crippen LogP contribution in [0.25, 0.3) is 11.2 Å². The van der Waals surface area contributed by atoms with Crippen LogP contribution in [0.2, 0.25) is 0 Å². The molecule has 2 aliphatic heterocycles. The number of rotatable bonds is 3. The molecule has 0 radical (unpaired) electrons. The first kappa shape index (κ1) is 14.8. The molecule has 2 aliphatic rings. The maximum atomic E-state index is 6.04. The van der Waals surface area contributed by atoms with Crippen LogP contribution >= 0.6 is 0 Å². The molecule has 2 fully saturated rings. The van der Waals surface area contributed by atoms with E-state index < -0.39 is 12.0 Å². The topological polar surface area (TPSA) is 107 Å². The van der Waals surface area contributed by atoms with E-state index in [4.69, 9.17) is 24.7 Å². The van der Waals surface area contributed by atoms with Crippen molar-refractivity contribution in [2.45, 2.75) is 44.2 Å². The van der Waals surface area contributed by atoms with Crippen molar-refractivity contribution < 1.29 is 18.9 Å². The van der Waals surface area contributed by atoms with Crippen LogP contribution in [-0.4, -0.2) is 57.3 Å². The SMILES string of the molecule is COc1ncnc2c1ncn2[C@@H]1O[C@H](CN)[C@H]2OC(C)(C)O[C@H]21. The van der Waals surface area contributed by atoms with E-state index in [1.165, 1.54) is 6.33 Å². The van der Waals surface area contributed by atoms with Gasteiger partial charge in [0.2, 0.25) is 5.88 Å². The largest absolute Gasteiger partial charge is 0.479 e. The Bertz CT molecular complexity index is 733. The van der Waals surface area contributed by atoms with Gasteiger partial charge in [-0.2, -0.15) is 4.98 Å². The summed E-state index contributed by atoms with van der Waals surface area (Å²) in [5.74, 6) is -0.254. The van der Waals surface area contributed by atoms with E-state index in [9.17, 15) is 0 Å². The van der Waals surface area contributed by atoms with Gasteiger partial charge in [0.05, 0.1) is 13.4 Å². The highest BCUT2D eigenvalue weighted by Crippen LogP contribution is 2.43. The third kappa shape index (κ3) is 2.19. The highest BCUT2D eigenvalue weighted by molar-refractivity contribution is 5.76. The molecule has 0 spiro atoms. The van der Waals surface area contributed by atoms with Crippen LogP contribution in [0.15, 0.2) is 12.7 Å². The molecule has 0 aromatic carbocycles.